The van der Waals surface area contributed by atoms with E-state index in [2.05, 4.69) is 47.1 Å². The third-order valence-electron chi connectivity index (χ3n) is 5.79. The molecule has 1 amide bonds. The number of piperazine rings is 1. The Morgan fingerprint density at radius 1 is 1.00 bits per heavy atom. The van der Waals surface area contributed by atoms with Gasteiger partial charge >= 0.3 is 0 Å². The Kier molecular flexibility index (Phi) is 5.47. The minimum Gasteiger partial charge on any atom is -0.354 e. The topological polar surface area (TPSA) is 103 Å². The molecule has 0 bridgehead atoms. The number of carbonyl (C=O) groups is 1. The molecule has 0 atom stereocenters. The molecule has 168 valence electrons. The summed E-state index contributed by atoms with van der Waals surface area (Å²) < 4.78 is 0. The third kappa shape index (κ3) is 4.54. The van der Waals surface area contributed by atoms with Crippen LogP contribution in [0.4, 0.5) is 11.5 Å². The monoisotopic (exact) mass is 442 g/mol. The molecule has 1 saturated heterocycles. The maximum Gasteiger partial charge on any atom is 0.257 e. The smallest absolute Gasteiger partial charge is 0.257 e. The van der Waals surface area contributed by atoms with Gasteiger partial charge in [0.05, 0.1) is 16.6 Å². The summed E-state index contributed by atoms with van der Waals surface area (Å²) in [5.41, 5.74) is 4.45. The highest BCUT2D eigenvalue weighted by Crippen LogP contribution is 2.23. The van der Waals surface area contributed by atoms with Crippen LogP contribution >= 0.6 is 0 Å². The van der Waals surface area contributed by atoms with Gasteiger partial charge in [0.15, 0.2) is 5.82 Å². The molecule has 3 aromatic heterocycles. The van der Waals surface area contributed by atoms with Gasteiger partial charge in [0, 0.05) is 43.8 Å². The molecule has 1 aliphatic heterocycles. The number of pyridine rings is 1. The number of amides is 1. The van der Waals surface area contributed by atoms with E-state index >= 15 is 0 Å². The number of H-pyrrole nitrogens is 1. The first-order valence-corrected chi connectivity index (χ1v) is 11.0. The summed E-state index contributed by atoms with van der Waals surface area (Å²) in [6.07, 6.45) is 1.63. The third-order valence-corrected chi connectivity index (χ3v) is 5.79. The van der Waals surface area contributed by atoms with Crippen molar-refractivity contribution in [1.29, 1.82) is 0 Å². The van der Waals surface area contributed by atoms with Crippen LogP contribution in [0.5, 0.6) is 0 Å². The lowest BCUT2D eigenvalue weighted by molar-refractivity contribution is 0.102. The van der Waals surface area contributed by atoms with Gasteiger partial charge in [-0.1, -0.05) is 0 Å². The van der Waals surface area contributed by atoms with Crippen LogP contribution in [0.15, 0.2) is 42.6 Å². The Balaban J connectivity index is 1.31. The van der Waals surface area contributed by atoms with Crippen molar-refractivity contribution in [3.8, 4) is 11.5 Å². The van der Waals surface area contributed by atoms with Crippen LogP contribution in [0.2, 0.25) is 0 Å². The van der Waals surface area contributed by atoms with E-state index in [1.54, 1.807) is 6.20 Å². The van der Waals surface area contributed by atoms with Crippen molar-refractivity contribution in [2.45, 2.75) is 13.8 Å². The normalized spacial score (nSPS) is 14.6. The maximum absolute atomic E-state index is 12.8. The average Bonchev–Trinajstić information content (AvgIpc) is 3.23. The fourth-order valence-corrected chi connectivity index (χ4v) is 3.99. The van der Waals surface area contributed by atoms with Crippen LogP contribution in [0.25, 0.3) is 22.6 Å². The van der Waals surface area contributed by atoms with E-state index < -0.39 is 0 Å². The first-order chi connectivity index (χ1) is 15.9. The summed E-state index contributed by atoms with van der Waals surface area (Å²) in [5, 5.41) is 2.95. The maximum atomic E-state index is 12.8. The van der Waals surface area contributed by atoms with E-state index in [0.29, 0.717) is 22.9 Å². The molecule has 2 N–H and O–H groups in total. The van der Waals surface area contributed by atoms with Crippen LogP contribution in [-0.4, -0.2) is 69.0 Å². The zero-order valence-electron chi connectivity index (χ0n) is 19.0. The molecule has 0 saturated carbocycles. The SMILES string of the molecule is Cc1cc(-c2nc3ccc(NC(=O)c4ccc(N5CCN(C)CC5)nc4)cc3[nH]2)nc(C)n1. The number of hydrogen-bond donors (Lipinski definition) is 2. The number of anilines is 2. The quantitative estimate of drug-likeness (QED) is 0.501. The summed E-state index contributed by atoms with van der Waals surface area (Å²) in [6.45, 7) is 7.70. The predicted molar refractivity (Wildman–Crippen MR) is 128 cm³/mol. The number of hydrogen-bond acceptors (Lipinski definition) is 7. The average molecular weight is 443 g/mol. The van der Waals surface area contributed by atoms with E-state index in [1.165, 1.54) is 0 Å². The molecule has 0 aliphatic carbocycles. The number of rotatable bonds is 4. The largest absolute Gasteiger partial charge is 0.354 e. The molecule has 9 nitrogen and oxygen atoms in total. The van der Waals surface area contributed by atoms with Crippen molar-refractivity contribution in [1.82, 2.24) is 29.8 Å². The van der Waals surface area contributed by atoms with Gasteiger partial charge in [-0.25, -0.2) is 19.9 Å². The van der Waals surface area contributed by atoms with E-state index in [4.69, 9.17) is 0 Å². The molecule has 4 aromatic rings. The van der Waals surface area contributed by atoms with Gasteiger partial charge in [-0.05, 0) is 57.3 Å². The van der Waals surface area contributed by atoms with Crippen molar-refractivity contribution < 1.29 is 4.79 Å². The molecule has 1 aliphatic rings. The van der Waals surface area contributed by atoms with Gasteiger partial charge in [0.25, 0.3) is 5.91 Å². The van der Waals surface area contributed by atoms with Gasteiger partial charge in [0.2, 0.25) is 0 Å². The van der Waals surface area contributed by atoms with Crippen molar-refractivity contribution in [2.24, 2.45) is 0 Å². The number of aromatic nitrogens is 5. The van der Waals surface area contributed by atoms with Gasteiger partial charge in [-0.3, -0.25) is 4.79 Å². The van der Waals surface area contributed by atoms with Crippen LogP contribution in [0.3, 0.4) is 0 Å². The molecule has 0 unspecified atom stereocenters. The summed E-state index contributed by atoms with van der Waals surface area (Å²) in [7, 11) is 2.12. The number of aromatic amines is 1. The summed E-state index contributed by atoms with van der Waals surface area (Å²) in [5.74, 6) is 2.08. The molecular weight excluding hydrogens is 416 g/mol. The fourth-order valence-electron chi connectivity index (χ4n) is 3.99. The molecule has 1 aromatic carbocycles. The van der Waals surface area contributed by atoms with Crippen molar-refractivity contribution in [2.75, 3.05) is 43.4 Å². The van der Waals surface area contributed by atoms with Gasteiger partial charge in [0.1, 0.15) is 17.3 Å². The molecule has 4 heterocycles. The zero-order valence-corrected chi connectivity index (χ0v) is 19.0. The summed E-state index contributed by atoms with van der Waals surface area (Å²) >= 11 is 0. The van der Waals surface area contributed by atoms with Crippen LogP contribution in [0, 0.1) is 13.8 Å². The van der Waals surface area contributed by atoms with Gasteiger partial charge in [-0.2, -0.15) is 0 Å². The lowest BCUT2D eigenvalue weighted by Gasteiger charge is -2.33. The first-order valence-electron chi connectivity index (χ1n) is 11.0. The summed E-state index contributed by atoms with van der Waals surface area (Å²) in [6, 6.07) is 11.2. The highest BCUT2D eigenvalue weighted by molar-refractivity contribution is 6.04. The number of carbonyl (C=O) groups excluding carboxylic acids is 1. The molecule has 0 spiro atoms. The lowest BCUT2D eigenvalue weighted by Crippen LogP contribution is -2.44. The van der Waals surface area contributed by atoms with Crippen LogP contribution in [-0.2, 0) is 0 Å². The second kappa shape index (κ2) is 8.59. The Morgan fingerprint density at radius 2 is 1.82 bits per heavy atom. The number of fused-ring (bicyclic) bond motifs is 1. The first kappa shape index (κ1) is 21.0. The van der Waals surface area contributed by atoms with E-state index in [0.717, 1.165) is 54.4 Å². The molecular formula is C24H26N8O. The predicted octanol–water partition coefficient (Wildman–Crippen LogP) is 3.04. The number of likely N-dealkylation sites (N-methyl/N-ethyl adjacent to an activating group) is 1. The minimum absolute atomic E-state index is 0.200. The van der Waals surface area contributed by atoms with E-state index in [-0.39, 0.29) is 5.91 Å². The molecule has 33 heavy (non-hydrogen) atoms. The van der Waals surface area contributed by atoms with Gasteiger partial charge in [-0.15, -0.1) is 0 Å². The number of benzene rings is 1. The Labute approximate surface area is 191 Å². The Morgan fingerprint density at radius 3 is 2.55 bits per heavy atom. The van der Waals surface area contributed by atoms with E-state index in [9.17, 15) is 4.79 Å². The van der Waals surface area contributed by atoms with Crippen LogP contribution < -0.4 is 10.2 Å². The second-order valence-electron chi connectivity index (χ2n) is 8.41. The minimum atomic E-state index is -0.200. The van der Waals surface area contributed by atoms with Crippen molar-refractivity contribution in [3.63, 3.8) is 0 Å². The Hall–Kier alpha value is -3.85. The van der Waals surface area contributed by atoms with Crippen molar-refractivity contribution >= 4 is 28.4 Å². The number of aryl methyl sites for hydroxylation is 2. The van der Waals surface area contributed by atoms with Crippen molar-refractivity contribution in [3.05, 3.63) is 59.7 Å². The molecule has 9 heteroatoms. The molecule has 1 fully saturated rings. The van der Waals surface area contributed by atoms with Crippen LogP contribution in [0.1, 0.15) is 21.9 Å². The Bertz CT molecular complexity index is 1290. The number of nitrogens with one attached hydrogen (secondary N) is 2. The highest BCUT2D eigenvalue weighted by atomic mass is 16.1. The van der Waals surface area contributed by atoms with E-state index in [1.807, 2.05) is 50.2 Å². The number of imidazole rings is 1. The molecule has 0 radical (unpaired) electrons. The second-order valence-corrected chi connectivity index (χ2v) is 8.41. The highest BCUT2D eigenvalue weighted by Gasteiger charge is 2.16. The zero-order chi connectivity index (χ0) is 22.9. The standard InChI is InChI=1S/C24H26N8O/c1-15-12-21(27-16(2)26-15)23-29-19-6-5-18(13-20(19)30-23)28-24(33)17-4-7-22(25-14-17)32-10-8-31(3)9-11-32/h4-7,12-14H,8-11H2,1-3H3,(H,28,33)(H,29,30). The lowest BCUT2D eigenvalue weighted by atomic mass is 10.2. The fraction of sp³-hybridized carbons (Fsp3) is 0.292. The van der Waals surface area contributed by atoms with Gasteiger partial charge < -0.3 is 20.1 Å². The number of nitrogens with zero attached hydrogens (tertiary/aromatic N) is 6. The molecule has 5 rings (SSSR count). The summed E-state index contributed by atoms with van der Waals surface area (Å²) in [4.78, 5) is 38.5.